The average molecular weight is 450 g/mol. The van der Waals surface area contributed by atoms with Gasteiger partial charge in [0.2, 0.25) is 0 Å². The van der Waals surface area contributed by atoms with Gasteiger partial charge in [-0.15, -0.1) is 23.5 Å². The van der Waals surface area contributed by atoms with Crippen LogP contribution in [0.15, 0.2) is 42.5 Å². The molecule has 0 N–H and O–H groups in total. The first-order valence-electron chi connectivity index (χ1n) is 10.4. The predicted molar refractivity (Wildman–Crippen MR) is 128 cm³/mol. The molecular weight excluding hydrogens is 417 g/mol. The lowest BCUT2D eigenvalue weighted by molar-refractivity contribution is 0.236. The molecule has 3 rings (SSSR count). The fraction of sp³-hybridized carbons (Fsp3) is 0.500. The van der Waals surface area contributed by atoms with Gasteiger partial charge in [0.25, 0.3) is 0 Å². The summed E-state index contributed by atoms with van der Waals surface area (Å²) in [5.41, 5.74) is 2.42. The lowest BCUT2D eigenvalue weighted by Crippen LogP contribution is -2.46. The number of hydrogen-bond acceptors (Lipinski definition) is 5. The Morgan fingerprint density at radius 3 is 2.33 bits per heavy atom. The predicted octanol–water partition coefficient (Wildman–Crippen LogP) is 6.03. The summed E-state index contributed by atoms with van der Waals surface area (Å²) in [6, 6.07) is 13.1. The van der Waals surface area contributed by atoms with Gasteiger partial charge in [0.1, 0.15) is 10.0 Å². The van der Waals surface area contributed by atoms with E-state index < -0.39 is 0 Å². The third-order valence-corrected chi connectivity index (χ3v) is 8.93. The lowest BCUT2D eigenvalue weighted by Gasteiger charge is -2.44. The van der Waals surface area contributed by atoms with Crippen LogP contribution in [-0.4, -0.2) is 47.9 Å². The lowest BCUT2D eigenvalue weighted by atomic mass is 10.00. The summed E-state index contributed by atoms with van der Waals surface area (Å²) >= 11 is 4.09. The van der Waals surface area contributed by atoms with Crippen molar-refractivity contribution in [3.8, 4) is 11.5 Å². The summed E-state index contributed by atoms with van der Waals surface area (Å²) in [4.78, 5) is 2.60. The number of halogens is 1. The molecule has 0 radical (unpaired) electrons. The van der Waals surface area contributed by atoms with Crippen LogP contribution in [-0.2, 0) is 6.42 Å². The molecule has 1 aliphatic rings. The molecule has 1 unspecified atom stereocenters. The Morgan fingerprint density at radius 1 is 1.03 bits per heavy atom. The number of nitrogens with zero attached hydrogens (tertiary/aromatic N) is 1. The molecule has 1 heterocycles. The third kappa shape index (κ3) is 5.86. The Bertz CT molecular complexity index is 809. The monoisotopic (exact) mass is 449 g/mol. The minimum Gasteiger partial charge on any atom is -0.493 e. The summed E-state index contributed by atoms with van der Waals surface area (Å²) in [5, 5.41) is 0. The van der Waals surface area contributed by atoms with Crippen LogP contribution in [0.5, 0.6) is 11.5 Å². The van der Waals surface area contributed by atoms with Gasteiger partial charge in [-0.1, -0.05) is 25.1 Å². The molecule has 0 saturated carbocycles. The second kappa shape index (κ2) is 10.8. The second-order valence-electron chi connectivity index (χ2n) is 7.79. The van der Waals surface area contributed by atoms with Crippen LogP contribution in [0, 0.1) is 5.82 Å². The van der Waals surface area contributed by atoms with Gasteiger partial charge < -0.3 is 9.47 Å². The Balaban J connectivity index is 1.75. The smallest absolute Gasteiger partial charge is 0.160 e. The number of thioether (sulfide) groups is 2. The van der Waals surface area contributed by atoms with E-state index in [9.17, 15) is 4.39 Å². The van der Waals surface area contributed by atoms with Gasteiger partial charge in [0, 0.05) is 13.1 Å². The van der Waals surface area contributed by atoms with Crippen molar-refractivity contribution >= 4 is 23.5 Å². The maximum absolute atomic E-state index is 13.4. The quantitative estimate of drug-likeness (QED) is 0.464. The standard InChI is InChI=1S/C24H32FNO2S2/c1-18(20-7-9-21(25)10-8-20)17-26(24(2)29-14-5-15-30-24)13-12-19-6-11-22(27-3)23(16-19)28-4/h6-11,16,18H,5,12-15,17H2,1-4H3. The minimum absolute atomic E-state index is 0.0586. The first-order chi connectivity index (χ1) is 14.4. The summed E-state index contributed by atoms with van der Waals surface area (Å²) in [7, 11) is 3.34. The van der Waals surface area contributed by atoms with Gasteiger partial charge in [-0.05, 0) is 72.6 Å². The molecule has 2 aromatic carbocycles. The van der Waals surface area contributed by atoms with Crippen LogP contribution >= 0.6 is 23.5 Å². The van der Waals surface area contributed by atoms with Crippen molar-refractivity contribution in [1.82, 2.24) is 4.90 Å². The zero-order valence-electron chi connectivity index (χ0n) is 18.3. The number of hydrogen-bond donors (Lipinski definition) is 0. The molecule has 0 aliphatic carbocycles. The van der Waals surface area contributed by atoms with E-state index in [2.05, 4.69) is 30.9 Å². The van der Waals surface area contributed by atoms with Crippen LogP contribution in [0.1, 0.15) is 37.3 Å². The molecule has 1 atom stereocenters. The average Bonchev–Trinajstić information content (AvgIpc) is 2.77. The van der Waals surface area contributed by atoms with E-state index in [4.69, 9.17) is 9.47 Å². The van der Waals surface area contributed by atoms with Gasteiger partial charge in [0.15, 0.2) is 11.5 Å². The fourth-order valence-electron chi connectivity index (χ4n) is 3.79. The number of rotatable bonds is 9. The van der Waals surface area contributed by atoms with Crippen molar-refractivity contribution in [2.75, 3.05) is 38.8 Å². The Hall–Kier alpha value is -1.37. The molecule has 6 heteroatoms. The first-order valence-corrected chi connectivity index (χ1v) is 12.4. The van der Waals surface area contributed by atoms with E-state index in [1.54, 1.807) is 26.4 Å². The highest BCUT2D eigenvalue weighted by Gasteiger charge is 2.35. The van der Waals surface area contributed by atoms with Gasteiger partial charge >= 0.3 is 0 Å². The second-order valence-corrected chi connectivity index (χ2v) is 11.0. The van der Waals surface area contributed by atoms with E-state index in [1.807, 2.05) is 41.7 Å². The van der Waals surface area contributed by atoms with Crippen LogP contribution in [0.2, 0.25) is 0 Å². The molecule has 0 aromatic heterocycles. The highest BCUT2D eigenvalue weighted by molar-refractivity contribution is 8.18. The normalized spacial score (nSPS) is 17.0. The van der Waals surface area contributed by atoms with E-state index in [1.165, 1.54) is 29.1 Å². The molecule has 1 aliphatic heterocycles. The Morgan fingerprint density at radius 2 is 1.70 bits per heavy atom. The molecule has 30 heavy (non-hydrogen) atoms. The zero-order valence-corrected chi connectivity index (χ0v) is 20.0. The molecule has 164 valence electrons. The summed E-state index contributed by atoms with van der Waals surface area (Å²) in [6.45, 7) is 6.48. The molecule has 1 saturated heterocycles. The van der Waals surface area contributed by atoms with E-state index in [0.29, 0.717) is 5.92 Å². The Labute approximate surface area is 188 Å². The van der Waals surface area contributed by atoms with Crippen LogP contribution < -0.4 is 9.47 Å². The maximum atomic E-state index is 13.4. The molecule has 0 bridgehead atoms. The number of ether oxygens (including phenoxy) is 2. The zero-order chi connectivity index (χ0) is 21.6. The van der Waals surface area contributed by atoms with Crippen molar-refractivity contribution in [1.29, 1.82) is 0 Å². The fourth-order valence-corrected chi connectivity index (χ4v) is 6.84. The van der Waals surface area contributed by atoms with Crippen molar-refractivity contribution in [3.63, 3.8) is 0 Å². The van der Waals surface area contributed by atoms with Crippen molar-refractivity contribution in [3.05, 3.63) is 59.4 Å². The maximum Gasteiger partial charge on any atom is 0.160 e. The van der Waals surface area contributed by atoms with Gasteiger partial charge in [-0.25, -0.2) is 4.39 Å². The van der Waals surface area contributed by atoms with Crippen LogP contribution in [0.3, 0.4) is 0 Å². The van der Waals surface area contributed by atoms with Gasteiger partial charge in [0.05, 0.1) is 14.2 Å². The summed E-state index contributed by atoms with van der Waals surface area (Å²) in [5.74, 6) is 4.07. The van der Waals surface area contributed by atoms with E-state index in [0.717, 1.165) is 31.0 Å². The van der Waals surface area contributed by atoms with Gasteiger partial charge in [-0.2, -0.15) is 0 Å². The number of methoxy groups -OCH3 is 2. The molecular formula is C24H32FNO2S2. The SMILES string of the molecule is COc1ccc(CCN(CC(C)c2ccc(F)cc2)C2(C)SCCCS2)cc1OC. The van der Waals surface area contributed by atoms with Crippen molar-refractivity contribution in [2.24, 2.45) is 0 Å². The topological polar surface area (TPSA) is 21.7 Å². The summed E-state index contributed by atoms with van der Waals surface area (Å²) in [6.07, 6.45) is 2.20. The Kier molecular flexibility index (Phi) is 8.37. The largest absolute Gasteiger partial charge is 0.493 e. The molecule has 3 nitrogen and oxygen atoms in total. The van der Waals surface area contributed by atoms with Crippen LogP contribution in [0.4, 0.5) is 4.39 Å². The van der Waals surface area contributed by atoms with Gasteiger partial charge in [-0.3, -0.25) is 4.90 Å². The highest BCUT2D eigenvalue weighted by Crippen LogP contribution is 2.45. The van der Waals surface area contributed by atoms with E-state index >= 15 is 0 Å². The third-order valence-electron chi connectivity index (χ3n) is 5.65. The first kappa shape index (κ1) is 23.3. The minimum atomic E-state index is -0.179. The van der Waals surface area contributed by atoms with Crippen molar-refractivity contribution < 1.29 is 13.9 Å². The summed E-state index contributed by atoms with van der Waals surface area (Å²) < 4.78 is 24.3. The molecule has 2 aromatic rings. The van der Waals surface area contributed by atoms with Crippen LogP contribution in [0.25, 0.3) is 0 Å². The highest BCUT2D eigenvalue weighted by atomic mass is 32.2. The molecule has 0 amide bonds. The number of benzene rings is 2. The van der Waals surface area contributed by atoms with Crippen molar-refractivity contribution in [2.45, 2.75) is 36.8 Å². The molecule has 1 fully saturated rings. The molecule has 0 spiro atoms. The van der Waals surface area contributed by atoms with E-state index in [-0.39, 0.29) is 10.0 Å².